The van der Waals surface area contributed by atoms with Gasteiger partial charge in [0.25, 0.3) is 0 Å². The number of hydrogen-bond donors (Lipinski definition) is 2. The molecule has 0 rings (SSSR count). The monoisotopic (exact) mass is 258 g/mol. The molecule has 0 aromatic rings. The Morgan fingerprint density at radius 3 is 2.12 bits per heavy atom. The third kappa shape index (κ3) is 6.16. The van der Waals surface area contributed by atoms with Gasteiger partial charge in [-0.2, -0.15) is 12.6 Å². The van der Waals surface area contributed by atoms with Crippen LogP contribution >= 0.6 is 12.6 Å². The first-order valence-electron chi connectivity index (χ1n) is 6.10. The zero-order valence-electron chi connectivity index (χ0n) is 11.8. The SMILES string of the molecule is CC(C(=O)O)C(C)C(C)(C)/C=C\CC(C)(C)S. The Balaban J connectivity index is 4.62. The van der Waals surface area contributed by atoms with Gasteiger partial charge in [0.2, 0.25) is 0 Å². The van der Waals surface area contributed by atoms with Crippen LogP contribution in [0.3, 0.4) is 0 Å². The molecule has 0 saturated carbocycles. The average molecular weight is 258 g/mol. The van der Waals surface area contributed by atoms with Crippen molar-refractivity contribution in [3.63, 3.8) is 0 Å². The van der Waals surface area contributed by atoms with Gasteiger partial charge in [0.05, 0.1) is 5.92 Å². The molecule has 17 heavy (non-hydrogen) atoms. The summed E-state index contributed by atoms with van der Waals surface area (Å²) >= 11 is 4.46. The van der Waals surface area contributed by atoms with E-state index >= 15 is 0 Å². The molecule has 0 aliphatic heterocycles. The van der Waals surface area contributed by atoms with E-state index in [4.69, 9.17) is 5.11 Å². The van der Waals surface area contributed by atoms with Crippen molar-refractivity contribution in [1.82, 2.24) is 0 Å². The number of rotatable bonds is 6. The van der Waals surface area contributed by atoms with E-state index in [0.717, 1.165) is 6.42 Å². The predicted octanol–water partition coefficient (Wildman–Crippen LogP) is 4.02. The molecule has 1 N–H and O–H groups in total. The Hall–Kier alpha value is -0.440. The minimum atomic E-state index is -0.728. The van der Waals surface area contributed by atoms with Crippen molar-refractivity contribution in [1.29, 1.82) is 0 Å². The van der Waals surface area contributed by atoms with Crippen molar-refractivity contribution in [3.8, 4) is 0 Å². The second-order valence-corrected chi connectivity index (χ2v) is 7.37. The number of aliphatic carboxylic acids is 1. The van der Waals surface area contributed by atoms with Crippen molar-refractivity contribution in [2.24, 2.45) is 17.3 Å². The fraction of sp³-hybridized carbons (Fsp3) is 0.786. The van der Waals surface area contributed by atoms with Crippen molar-refractivity contribution >= 4 is 18.6 Å². The summed E-state index contributed by atoms with van der Waals surface area (Å²) in [5.41, 5.74) is -0.114. The van der Waals surface area contributed by atoms with E-state index in [1.165, 1.54) is 0 Å². The van der Waals surface area contributed by atoms with Gasteiger partial charge in [-0.25, -0.2) is 0 Å². The highest BCUT2D eigenvalue weighted by Crippen LogP contribution is 2.34. The maximum absolute atomic E-state index is 11.0. The summed E-state index contributed by atoms with van der Waals surface area (Å²) in [6, 6.07) is 0. The lowest BCUT2D eigenvalue weighted by Gasteiger charge is -2.31. The Bertz CT molecular complexity index is 287. The lowest BCUT2D eigenvalue weighted by molar-refractivity contribution is -0.143. The first kappa shape index (κ1) is 16.6. The molecular formula is C14H26O2S. The van der Waals surface area contributed by atoms with E-state index in [9.17, 15) is 4.79 Å². The Morgan fingerprint density at radius 2 is 1.76 bits per heavy atom. The maximum Gasteiger partial charge on any atom is 0.306 e. The number of carboxylic acids is 1. The molecule has 100 valence electrons. The van der Waals surface area contributed by atoms with Crippen LogP contribution in [0.15, 0.2) is 12.2 Å². The Labute approximate surface area is 111 Å². The molecule has 0 aliphatic rings. The maximum atomic E-state index is 11.0. The van der Waals surface area contributed by atoms with Gasteiger partial charge < -0.3 is 5.11 Å². The van der Waals surface area contributed by atoms with Crippen LogP contribution < -0.4 is 0 Å². The fourth-order valence-corrected chi connectivity index (χ4v) is 1.77. The van der Waals surface area contributed by atoms with Crippen LogP contribution in [0.4, 0.5) is 0 Å². The highest BCUT2D eigenvalue weighted by molar-refractivity contribution is 7.81. The van der Waals surface area contributed by atoms with E-state index < -0.39 is 5.97 Å². The molecule has 0 heterocycles. The van der Waals surface area contributed by atoms with Gasteiger partial charge in [0.1, 0.15) is 0 Å². The molecule has 0 fully saturated rings. The number of allylic oxidation sites excluding steroid dienone is 2. The zero-order chi connectivity index (χ0) is 13.9. The average Bonchev–Trinajstić information content (AvgIpc) is 2.12. The molecule has 0 amide bonds. The van der Waals surface area contributed by atoms with Crippen LogP contribution in [0, 0.1) is 17.3 Å². The van der Waals surface area contributed by atoms with Gasteiger partial charge in [0, 0.05) is 4.75 Å². The molecule has 2 nitrogen and oxygen atoms in total. The van der Waals surface area contributed by atoms with Crippen LogP contribution in [0.1, 0.15) is 48.0 Å². The third-order valence-corrected chi connectivity index (χ3v) is 3.66. The van der Waals surface area contributed by atoms with E-state index in [-0.39, 0.29) is 22.0 Å². The summed E-state index contributed by atoms with van der Waals surface area (Å²) in [4.78, 5) is 11.0. The molecule has 2 unspecified atom stereocenters. The number of thiol groups is 1. The summed E-state index contributed by atoms with van der Waals surface area (Å²) in [5, 5.41) is 9.03. The highest BCUT2D eigenvalue weighted by Gasteiger charge is 2.31. The second kappa shape index (κ2) is 5.94. The van der Waals surface area contributed by atoms with Gasteiger partial charge in [-0.1, -0.05) is 53.7 Å². The standard InChI is InChI=1S/C14H26O2S/c1-10(12(15)16)11(2)13(3,4)8-7-9-14(5,6)17/h7-8,10-11,17H,9H2,1-6H3,(H,15,16)/b8-7-. The molecule has 0 bridgehead atoms. The highest BCUT2D eigenvalue weighted by atomic mass is 32.1. The first-order chi connectivity index (χ1) is 7.47. The molecular weight excluding hydrogens is 232 g/mol. The zero-order valence-corrected chi connectivity index (χ0v) is 12.7. The molecule has 3 heteroatoms. The smallest absolute Gasteiger partial charge is 0.306 e. The fourth-order valence-electron chi connectivity index (χ4n) is 1.66. The van der Waals surface area contributed by atoms with Crippen LogP contribution in [0.5, 0.6) is 0 Å². The van der Waals surface area contributed by atoms with E-state index in [1.54, 1.807) is 6.92 Å². The van der Waals surface area contributed by atoms with Crippen molar-refractivity contribution in [3.05, 3.63) is 12.2 Å². The minimum absolute atomic E-state index is 0.0196. The summed E-state index contributed by atoms with van der Waals surface area (Å²) in [6.45, 7) is 12.1. The second-order valence-electron chi connectivity index (χ2n) is 6.16. The van der Waals surface area contributed by atoms with Gasteiger partial charge in [-0.3, -0.25) is 4.79 Å². The normalized spacial score (nSPS) is 17.1. The van der Waals surface area contributed by atoms with Gasteiger partial charge >= 0.3 is 5.97 Å². The van der Waals surface area contributed by atoms with Crippen molar-refractivity contribution in [2.45, 2.75) is 52.7 Å². The van der Waals surface area contributed by atoms with Crippen LogP contribution in [-0.4, -0.2) is 15.8 Å². The summed E-state index contributed by atoms with van der Waals surface area (Å²) in [5.74, 6) is -0.966. The molecule has 0 spiro atoms. The quantitative estimate of drug-likeness (QED) is 0.557. The minimum Gasteiger partial charge on any atom is -0.481 e. The lowest BCUT2D eigenvalue weighted by atomic mass is 9.73. The number of carbonyl (C=O) groups is 1. The van der Waals surface area contributed by atoms with E-state index in [0.29, 0.717) is 0 Å². The summed E-state index contributed by atoms with van der Waals surface area (Å²) in [7, 11) is 0. The summed E-state index contributed by atoms with van der Waals surface area (Å²) in [6.07, 6.45) is 5.11. The summed E-state index contributed by atoms with van der Waals surface area (Å²) < 4.78 is -0.0196. The third-order valence-electron chi connectivity index (χ3n) is 3.48. The number of hydrogen-bond acceptors (Lipinski definition) is 2. The van der Waals surface area contributed by atoms with Crippen molar-refractivity contribution in [2.75, 3.05) is 0 Å². The molecule has 0 saturated heterocycles. The molecule has 2 atom stereocenters. The molecule has 0 aromatic carbocycles. The predicted molar refractivity (Wildman–Crippen MR) is 76.6 cm³/mol. The largest absolute Gasteiger partial charge is 0.481 e. The van der Waals surface area contributed by atoms with Crippen LogP contribution in [-0.2, 0) is 4.79 Å². The van der Waals surface area contributed by atoms with Gasteiger partial charge in [-0.05, 0) is 17.8 Å². The van der Waals surface area contributed by atoms with Gasteiger partial charge in [-0.15, -0.1) is 0 Å². The van der Waals surface area contributed by atoms with Crippen molar-refractivity contribution < 1.29 is 9.90 Å². The first-order valence-corrected chi connectivity index (χ1v) is 6.55. The Morgan fingerprint density at radius 1 is 1.29 bits per heavy atom. The number of carboxylic acid groups (broad SMARTS) is 1. The molecule has 0 aliphatic carbocycles. The van der Waals surface area contributed by atoms with Crippen LogP contribution in [0.2, 0.25) is 0 Å². The van der Waals surface area contributed by atoms with E-state index in [1.807, 2.05) is 6.92 Å². The van der Waals surface area contributed by atoms with E-state index in [2.05, 4.69) is 52.5 Å². The van der Waals surface area contributed by atoms with Crippen LogP contribution in [0.25, 0.3) is 0 Å². The molecule has 0 radical (unpaired) electrons. The lowest BCUT2D eigenvalue weighted by Crippen LogP contribution is -2.30. The Kier molecular flexibility index (Phi) is 5.79. The molecule has 0 aromatic heterocycles. The van der Waals surface area contributed by atoms with Gasteiger partial charge in [0.15, 0.2) is 0 Å². The topological polar surface area (TPSA) is 37.3 Å².